The van der Waals surface area contributed by atoms with Gasteiger partial charge in [0.25, 0.3) is 0 Å². The van der Waals surface area contributed by atoms with Crippen LogP contribution in [0.2, 0.25) is 0 Å². The molecule has 0 saturated heterocycles. The van der Waals surface area contributed by atoms with Gasteiger partial charge in [0.1, 0.15) is 0 Å². The van der Waals surface area contributed by atoms with Gasteiger partial charge in [0.05, 0.1) is 16.4 Å². The Morgan fingerprint density at radius 2 is 1.89 bits per heavy atom. The number of anilines is 1. The van der Waals surface area contributed by atoms with Crippen molar-refractivity contribution in [2.45, 2.75) is 6.04 Å². The average molecular weight is 401 g/mol. The van der Waals surface area contributed by atoms with Crippen LogP contribution in [0.25, 0.3) is 0 Å². The Balaban J connectivity index is 1.96. The summed E-state index contributed by atoms with van der Waals surface area (Å²) in [6.45, 7) is 0.703. The fourth-order valence-corrected chi connectivity index (χ4v) is 3.91. The Morgan fingerprint density at radius 3 is 2.53 bits per heavy atom. The van der Waals surface area contributed by atoms with Crippen molar-refractivity contribution in [1.29, 1.82) is 0 Å². The first-order chi connectivity index (χ1) is 9.15. The molecule has 0 radical (unpaired) electrons. The number of nitrogens with two attached hydrogens (primary N) is 1. The highest BCUT2D eigenvalue weighted by Gasteiger charge is 2.29. The van der Waals surface area contributed by atoms with Gasteiger partial charge in [-0.3, -0.25) is 4.99 Å². The van der Waals surface area contributed by atoms with Gasteiger partial charge < -0.3 is 10.6 Å². The van der Waals surface area contributed by atoms with Gasteiger partial charge in [-0.2, -0.15) is 0 Å². The lowest BCUT2D eigenvalue weighted by Crippen LogP contribution is -2.35. The molecule has 0 spiro atoms. The van der Waals surface area contributed by atoms with Crippen molar-refractivity contribution in [3.8, 4) is 0 Å². The monoisotopic (exact) mass is 399 g/mol. The van der Waals surface area contributed by atoms with Crippen molar-refractivity contribution in [1.82, 2.24) is 0 Å². The molecule has 3 nitrogen and oxygen atoms in total. The van der Waals surface area contributed by atoms with E-state index in [1.54, 1.807) is 11.3 Å². The summed E-state index contributed by atoms with van der Waals surface area (Å²) in [6.07, 6.45) is 0. The molecule has 1 aromatic carbocycles. The number of rotatable bonds is 2. The van der Waals surface area contributed by atoms with Gasteiger partial charge in [-0.1, -0.05) is 15.9 Å². The number of aliphatic imine (C=N–C) groups is 1. The summed E-state index contributed by atoms with van der Waals surface area (Å²) in [5.74, 6) is 0.580. The fourth-order valence-electron chi connectivity index (χ4n) is 2.14. The Morgan fingerprint density at radius 1 is 1.16 bits per heavy atom. The fraction of sp³-hybridized carbons (Fsp3) is 0.154. The third kappa shape index (κ3) is 2.57. The maximum atomic E-state index is 6.04. The Hall–Kier alpha value is -0.850. The normalized spacial score (nSPS) is 18.7. The molecule has 1 aliphatic rings. The SMILES string of the molecule is NC1=NCC(c2ccc(Br)s2)N1c1ccc(Br)cc1. The second kappa shape index (κ2) is 5.26. The number of hydrogen-bond acceptors (Lipinski definition) is 4. The molecule has 1 aromatic heterocycles. The highest BCUT2D eigenvalue weighted by molar-refractivity contribution is 9.11. The van der Waals surface area contributed by atoms with E-state index in [2.05, 4.69) is 53.9 Å². The van der Waals surface area contributed by atoms with Gasteiger partial charge in [0.15, 0.2) is 5.96 Å². The molecule has 0 amide bonds. The first kappa shape index (κ1) is 13.1. The molecule has 2 heterocycles. The predicted molar refractivity (Wildman–Crippen MR) is 87.9 cm³/mol. The minimum atomic E-state index is 0.192. The quantitative estimate of drug-likeness (QED) is 0.822. The molecule has 1 atom stereocenters. The van der Waals surface area contributed by atoms with Gasteiger partial charge in [-0.15, -0.1) is 11.3 Å². The van der Waals surface area contributed by atoms with E-state index in [1.807, 2.05) is 24.3 Å². The smallest absolute Gasteiger partial charge is 0.196 e. The van der Waals surface area contributed by atoms with Crippen molar-refractivity contribution in [2.75, 3.05) is 11.4 Å². The van der Waals surface area contributed by atoms with Crippen molar-refractivity contribution >= 4 is 54.8 Å². The number of hydrogen-bond donors (Lipinski definition) is 1. The third-order valence-electron chi connectivity index (χ3n) is 3.01. The van der Waals surface area contributed by atoms with E-state index in [9.17, 15) is 0 Å². The molecule has 2 N–H and O–H groups in total. The molecule has 0 saturated carbocycles. The van der Waals surface area contributed by atoms with Gasteiger partial charge in [-0.25, -0.2) is 0 Å². The number of halogens is 2. The molecular formula is C13H11Br2N3S. The Bertz CT molecular complexity index is 621. The molecule has 6 heteroatoms. The molecular weight excluding hydrogens is 390 g/mol. The molecule has 1 aliphatic heterocycles. The maximum Gasteiger partial charge on any atom is 0.196 e. The lowest BCUT2D eigenvalue weighted by molar-refractivity contribution is 0.784. The van der Waals surface area contributed by atoms with E-state index in [0.717, 1.165) is 13.9 Å². The van der Waals surface area contributed by atoms with Crippen molar-refractivity contribution in [3.63, 3.8) is 0 Å². The minimum Gasteiger partial charge on any atom is -0.369 e. The third-order valence-corrected chi connectivity index (χ3v) is 5.27. The van der Waals surface area contributed by atoms with E-state index in [4.69, 9.17) is 5.73 Å². The van der Waals surface area contributed by atoms with E-state index in [-0.39, 0.29) is 6.04 Å². The van der Waals surface area contributed by atoms with Crippen LogP contribution in [0.4, 0.5) is 5.69 Å². The summed E-state index contributed by atoms with van der Waals surface area (Å²) in [7, 11) is 0. The van der Waals surface area contributed by atoms with Crippen LogP contribution in [-0.4, -0.2) is 12.5 Å². The van der Waals surface area contributed by atoms with E-state index in [1.165, 1.54) is 4.88 Å². The number of benzene rings is 1. The second-order valence-corrected chi connectivity index (χ2v) is 7.61. The van der Waals surface area contributed by atoms with Crippen molar-refractivity contribution in [2.24, 2.45) is 10.7 Å². The van der Waals surface area contributed by atoms with Crippen LogP contribution in [-0.2, 0) is 0 Å². The highest BCUT2D eigenvalue weighted by Crippen LogP contribution is 2.36. The summed E-state index contributed by atoms with van der Waals surface area (Å²) in [4.78, 5) is 7.73. The standard InChI is InChI=1S/C13H11Br2N3S/c14-8-1-3-9(4-2-8)18-10(7-17-13(18)16)11-5-6-12(15)19-11/h1-6,10H,7H2,(H2,16,17). The molecule has 0 fully saturated rings. The molecule has 0 bridgehead atoms. The maximum absolute atomic E-state index is 6.04. The largest absolute Gasteiger partial charge is 0.369 e. The van der Waals surface area contributed by atoms with Gasteiger partial charge in [0.2, 0.25) is 0 Å². The summed E-state index contributed by atoms with van der Waals surface area (Å²) < 4.78 is 2.19. The van der Waals surface area contributed by atoms with Crippen LogP contribution in [0.5, 0.6) is 0 Å². The Kier molecular flexibility index (Phi) is 3.64. The number of guanidine groups is 1. The Labute approximate surface area is 132 Å². The number of nitrogens with zero attached hydrogens (tertiary/aromatic N) is 2. The molecule has 0 aliphatic carbocycles. The first-order valence-corrected chi connectivity index (χ1v) is 8.15. The van der Waals surface area contributed by atoms with E-state index in [0.29, 0.717) is 12.5 Å². The zero-order valence-corrected chi connectivity index (χ0v) is 13.9. The van der Waals surface area contributed by atoms with Crippen LogP contribution in [0.1, 0.15) is 10.9 Å². The van der Waals surface area contributed by atoms with E-state index >= 15 is 0 Å². The van der Waals surface area contributed by atoms with Crippen molar-refractivity contribution in [3.05, 3.63) is 49.5 Å². The van der Waals surface area contributed by atoms with Crippen LogP contribution in [0, 0.1) is 0 Å². The summed E-state index contributed by atoms with van der Waals surface area (Å²) in [5.41, 5.74) is 7.11. The van der Waals surface area contributed by atoms with Crippen LogP contribution in [0.15, 0.2) is 49.6 Å². The van der Waals surface area contributed by atoms with Crippen molar-refractivity contribution < 1.29 is 0 Å². The zero-order chi connectivity index (χ0) is 13.4. The van der Waals surface area contributed by atoms with Crippen LogP contribution in [0.3, 0.4) is 0 Å². The minimum absolute atomic E-state index is 0.192. The summed E-state index contributed by atoms with van der Waals surface area (Å²) >= 11 is 8.68. The van der Waals surface area contributed by atoms with Crippen LogP contribution < -0.4 is 10.6 Å². The first-order valence-electron chi connectivity index (χ1n) is 5.75. The predicted octanol–water partition coefficient (Wildman–Crippen LogP) is 4.15. The average Bonchev–Trinajstić information content (AvgIpc) is 2.97. The lowest BCUT2D eigenvalue weighted by atomic mass is 10.2. The number of thiophene rings is 1. The molecule has 1 unspecified atom stereocenters. The second-order valence-electron chi connectivity index (χ2n) is 4.20. The molecule has 98 valence electrons. The molecule has 3 rings (SSSR count). The molecule has 2 aromatic rings. The van der Waals surface area contributed by atoms with Gasteiger partial charge in [-0.05, 0) is 52.3 Å². The lowest BCUT2D eigenvalue weighted by Gasteiger charge is -2.25. The summed E-state index contributed by atoms with van der Waals surface area (Å²) in [6, 6.07) is 12.5. The summed E-state index contributed by atoms with van der Waals surface area (Å²) in [5, 5.41) is 0. The molecule has 19 heavy (non-hydrogen) atoms. The van der Waals surface area contributed by atoms with E-state index < -0.39 is 0 Å². The highest BCUT2D eigenvalue weighted by atomic mass is 79.9. The van der Waals surface area contributed by atoms with Gasteiger partial charge >= 0.3 is 0 Å². The topological polar surface area (TPSA) is 41.6 Å². The van der Waals surface area contributed by atoms with Gasteiger partial charge in [0, 0.05) is 15.0 Å². The zero-order valence-electron chi connectivity index (χ0n) is 9.88. The van der Waals surface area contributed by atoms with Crippen LogP contribution >= 0.6 is 43.2 Å².